The Labute approximate surface area is 170 Å². The number of sulfonamides is 1. The fourth-order valence-corrected chi connectivity index (χ4v) is 4.39. The van der Waals surface area contributed by atoms with Gasteiger partial charge in [0.1, 0.15) is 4.21 Å². The molecule has 0 saturated carbocycles. The number of anilines is 1. The van der Waals surface area contributed by atoms with E-state index in [1.165, 1.54) is 36.5 Å². The van der Waals surface area contributed by atoms with Crippen molar-refractivity contribution < 1.29 is 23.1 Å². The molecule has 0 aliphatic heterocycles. The Bertz CT molecular complexity index is 1150. The first-order valence-corrected chi connectivity index (χ1v) is 10.6. The average Bonchev–Trinajstić information content (AvgIpc) is 3.24. The van der Waals surface area contributed by atoms with E-state index >= 15 is 0 Å². The van der Waals surface area contributed by atoms with E-state index in [0.717, 1.165) is 11.3 Å². The van der Waals surface area contributed by atoms with Crippen LogP contribution in [0.15, 0.2) is 75.4 Å². The molecule has 0 fully saturated rings. The third kappa shape index (κ3) is 5.06. The maximum Gasteiger partial charge on any atom is 0.335 e. The van der Waals surface area contributed by atoms with Gasteiger partial charge < -0.3 is 5.11 Å². The monoisotopic (exact) mass is 429 g/mol. The molecule has 3 N–H and O–H groups in total. The van der Waals surface area contributed by atoms with Crippen molar-refractivity contribution >= 4 is 45.1 Å². The van der Waals surface area contributed by atoms with Crippen LogP contribution in [0.4, 0.5) is 5.69 Å². The molecule has 1 heterocycles. The minimum absolute atomic E-state index is 0.103. The van der Waals surface area contributed by atoms with Gasteiger partial charge in [-0.1, -0.05) is 30.3 Å². The molecule has 0 bridgehead atoms. The minimum atomic E-state index is -3.80. The average molecular weight is 429 g/mol. The number of hydrazone groups is 1. The van der Waals surface area contributed by atoms with Crippen molar-refractivity contribution in [1.29, 1.82) is 0 Å². The van der Waals surface area contributed by atoms with Gasteiger partial charge in [0.2, 0.25) is 0 Å². The van der Waals surface area contributed by atoms with Gasteiger partial charge in [0, 0.05) is 0 Å². The van der Waals surface area contributed by atoms with Crippen molar-refractivity contribution in [3.63, 3.8) is 0 Å². The van der Waals surface area contributed by atoms with Crippen molar-refractivity contribution in [2.45, 2.75) is 4.21 Å². The number of thiophene rings is 1. The van der Waals surface area contributed by atoms with Crippen LogP contribution in [0.5, 0.6) is 0 Å². The molecule has 1 amide bonds. The van der Waals surface area contributed by atoms with Gasteiger partial charge in [0.15, 0.2) is 0 Å². The summed E-state index contributed by atoms with van der Waals surface area (Å²) in [5.74, 6) is -1.64. The summed E-state index contributed by atoms with van der Waals surface area (Å²) in [6, 6.07) is 15.2. The first kappa shape index (κ1) is 20.2. The smallest absolute Gasteiger partial charge is 0.335 e. The Morgan fingerprint density at radius 3 is 2.38 bits per heavy atom. The third-order valence-electron chi connectivity index (χ3n) is 3.71. The molecule has 8 nitrogen and oxygen atoms in total. The van der Waals surface area contributed by atoms with E-state index in [9.17, 15) is 18.0 Å². The van der Waals surface area contributed by atoms with Crippen LogP contribution in [0.2, 0.25) is 0 Å². The summed E-state index contributed by atoms with van der Waals surface area (Å²) < 4.78 is 27.4. The van der Waals surface area contributed by atoms with Gasteiger partial charge in [-0.3, -0.25) is 9.52 Å². The fraction of sp³-hybridized carbons (Fsp3) is 0. The summed E-state index contributed by atoms with van der Waals surface area (Å²) >= 11 is 1.07. The Kier molecular flexibility index (Phi) is 6.05. The molecule has 0 aliphatic carbocycles. The lowest BCUT2D eigenvalue weighted by Crippen LogP contribution is -2.21. The standard InChI is InChI=1S/C19H15N3O5S2/c23-18(21-20-12-13-7-9-14(10-8-13)19(24)25)15-4-1-2-5-16(15)22-29(26,27)17-6-3-11-28-17/h1-12,22H,(H,21,23)(H,24,25). The molecule has 0 aliphatic rings. The molecule has 3 aromatic rings. The number of carbonyl (C=O) groups excluding carboxylic acids is 1. The summed E-state index contributed by atoms with van der Waals surface area (Å²) in [4.78, 5) is 23.3. The fourth-order valence-electron chi connectivity index (χ4n) is 2.32. The van der Waals surface area contributed by atoms with Crippen molar-refractivity contribution in [2.24, 2.45) is 5.10 Å². The van der Waals surface area contributed by atoms with Crippen LogP contribution in [0.1, 0.15) is 26.3 Å². The molecular weight excluding hydrogens is 414 g/mol. The van der Waals surface area contributed by atoms with Crippen LogP contribution in [0.3, 0.4) is 0 Å². The van der Waals surface area contributed by atoms with Crippen molar-refractivity contribution in [3.05, 3.63) is 82.7 Å². The summed E-state index contributed by atoms with van der Waals surface area (Å²) in [5.41, 5.74) is 3.28. The van der Waals surface area contributed by atoms with Crippen LogP contribution in [-0.2, 0) is 10.0 Å². The third-order valence-corrected chi connectivity index (χ3v) is 6.48. The number of carbonyl (C=O) groups is 2. The molecule has 0 saturated heterocycles. The number of carboxylic acid groups (broad SMARTS) is 1. The quantitative estimate of drug-likeness (QED) is 0.393. The van der Waals surface area contributed by atoms with E-state index < -0.39 is 21.9 Å². The van der Waals surface area contributed by atoms with Crippen LogP contribution < -0.4 is 10.1 Å². The first-order chi connectivity index (χ1) is 13.9. The lowest BCUT2D eigenvalue weighted by Gasteiger charge is -2.10. The van der Waals surface area contributed by atoms with E-state index in [1.807, 2.05) is 0 Å². The first-order valence-electron chi connectivity index (χ1n) is 8.19. The molecule has 29 heavy (non-hydrogen) atoms. The maximum absolute atomic E-state index is 12.4. The van der Waals surface area contributed by atoms with Crippen LogP contribution in [-0.4, -0.2) is 31.6 Å². The van der Waals surface area contributed by atoms with Gasteiger partial charge >= 0.3 is 5.97 Å². The minimum Gasteiger partial charge on any atom is -0.478 e. The van der Waals surface area contributed by atoms with Gasteiger partial charge in [-0.15, -0.1) is 11.3 Å². The highest BCUT2D eigenvalue weighted by atomic mass is 32.2. The van der Waals surface area contributed by atoms with Crippen LogP contribution in [0.25, 0.3) is 0 Å². The Hall–Kier alpha value is -3.50. The number of hydrogen-bond donors (Lipinski definition) is 3. The topological polar surface area (TPSA) is 125 Å². The number of carboxylic acids is 1. The van der Waals surface area contributed by atoms with Crippen LogP contribution >= 0.6 is 11.3 Å². The lowest BCUT2D eigenvalue weighted by atomic mass is 10.1. The van der Waals surface area contributed by atoms with E-state index in [4.69, 9.17) is 5.11 Å². The number of hydrogen-bond acceptors (Lipinski definition) is 6. The van der Waals surface area contributed by atoms with Gasteiger partial charge in [-0.2, -0.15) is 5.10 Å². The second-order valence-corrected chi connectivity index (χ2v) is 8.57. The molecule has 148 valence electrons. The molecule has 0 unspecified atom stereocenters. The highest BCUT2D eigenvalue weighted by molar-refractivity contribution is 7.94. The predicted molar refractivity (Wildman–Crippen MR) is 110 cm³/mol. The molecule has 0 atom stereocenters. The molecule has 1 aromatic heterocycles. The lowest BCUT2D eigenvalue weighted by molar-refractivity contribution is 0.0696. The zero-order valence-electron chi connectivity index (χ0n) is 14.8. The second-order valence-electron chi connectivity index (χ2n) is 5.71. The van der Waals surface area contributed by atoms with Crippen LogP contribution in [0, 0.1) is 0 Å². The number of aromatic carboxylic acids is 1. The van der Waals surface area contributed by atoms with E-state index in [2.05, 4.69) is 15.2 Å². The Balaban J connectivity index is 1.72. The van der Waals surface area contributed by atoms with Gasteiger partial charge in [-0.25, -0.2) is 18.6 Å². The molecule has 10 heteroatoms. The number of benzene rings is 2. The molecule has 0 radical (unpaired) electrons. The predicted octanol–water partition coefficient (Wildman–Crippen LogP) is 3.01. The highest BCUT2D eigenvalue weighted by Crippen LogP contribution is 2.22. The number of nitrogens with one attached hydrogen (secondary N) is 2. The largest absolute Gasteiger partial charge is 0.478 e. The number of rotatable bonds is 7. The normalized spacial score (nSPS) is 11.3. The zero-order valence-corrected chi connectivity index (χ0v) is 16.4. The number of nitrogens with zero attached hydrogens (tertiary/aromatic N) is 1. The molecule has 0 spiro atoms. The molecule has 2 aromatic carbocycles. The van der Waals surface area contributed by atoms with Crippen molar-refractivity contribution in [2.75, 3.05) is 4.72 Å². The van der Waals surface area contributed by atoms with Gasteiger partial charge in [0.05, 0.1) is 23.0 Å². The summed E-state index contributed by atoms with van der Waals surface area (Å²) in [6.45, 7) is 0. The van der Waals surface area contributed by atoms with E-state index in [-0.39, 0.29) is 21.0 Å². The van der Waals surface area contributed by atoms with Crippen molar-refractivity contribution in [3.8, 4) is 0 Å². The van der Waals surface area contributed by atoms with E-state index in [0.29, 0.717) is 5.56 Å². The SMILES string of the molecule is O=C(O)c1ccc(C=NNC(=O)c2ccccc2NS(=O)(=O)c2cccs2)cc1. The van der Waals surface area contributed by atoms with Gasteiger partial charge in [-0.05, 0) is 41.3 Å². The highest BCUT2D eigenvalue weighted by Gasteiger charge is 2.19. The zero-order chi connectivity index (χ0) is 20.9. The second kappa shape index (κ2) is 8.67. The Morgan fingerprint density at radius 2 is 1.72 bits per heavy atom. The number of amides is 1. The maximum atomic E-state index is 12.4. The van der Waals surface area contributed by atoms with Gasteiger partial charge in [0.25, 0.3) is 15.9 Å². The summed E-state index contributed by atoms with van der Waals surface area (Å²) in [5, 5.41) is 14.4. The summed E-state index contributed by atoms with van der Waals surface area (Å²) in [6.07, 6.45) is 1.35. The Morgan fingerprint density at radius 1 is 1.00 bits per heavy atom. The molecular formula is C19H15N3O5S2. The molecule has 3 rings (SSSR count). The van der Waals surface area contributed by atoms with Crippen molar-refractivity contribution in [1.82, 2.24) is 5.43 Å². The van der Waals surface area contributed by atoms with E-state index in [1.54, 1.807) is 35.7 Å². The number of para-hydroxylation sites is 1. The summed E-state index contributed by atoms with van der Waals surface area (Å²) in [7, 11) is -3.80.